The van der Waals surface area contributed by atoms with Gasteiger partial charge in [-0.1, -0.05) is 35.3 Å². The largest absolute Gasteiger partial charge is 0.467 e. The molecule has 0 amide bonds. The first kappa shape index (κ1) is 23.9. The Kier molecular flexibility index (Phi) is 13.2. The molecule has 0 aromatic rings. The maximum atomic E-state index is 5.61. The summed E-state index contributed by atoms with van der Waals surface area (Å²) in [5.41, 5.74) is 4.25. The van der Waals surface area contributed by atoms with E-state index in [2.05, 4.69) is 56.1 Å². The molecule has 0 saturated carbocycles. The molecular formula is C23H40N2OS. The lowest BCUT2D eigenvalue weighted by molar-refractivity contribution is 0.230. The lowest BCUT2D eigenvalue weighted by Crippen LogP contribution is -2.37. The molecule has 0 radical (unpaired) electrons. The van der Waals surface area contributed by atoms with Gasteiger partial charge in [0.2, 0.25) is 0 Å². The Morgan fingerprint density at radius 2 is 1.56 bits per heavy atom. The number of rotatable bonds is 11. The Hall–Kier alpha value is -1.13. The maximum Gasteiger partial charge on any atom is 0.256 e. The average Bonchev–Trinajstić information content (AvgIpc) is 2.62. The van der Waals surface area contributed by atoms with E-state index in [1.54, 1.807) is 0 Å². The van der Waals surface area contributed by atoms with Crippen LogP contribution in [0.3, 0.4) is 0 Å². The molecule has 1 N–H and O–H groups in total. The molecule has 1 aliphatic heterocycles. The van der Waals surface area contributed by atoms with Crippen molar-refractivity contribution in [2.75, 3.05) is 32.8 Å². The van der Waals surface area contributed by atoms with Crippen molar-refractivity contribution in [3.63, 3.8) is 0 Å². The molecule has 27 heavy (non-hydrogen) atoms. The molecule has 0 atom stereocenters. The predicted molar refractivity (Wildman–Crippen MR) is 122 cm³/mol. The van der Waals surface area contributed by atoms with E-state index in [9.17, 15) is 0 Å². The second-order valence-corrected chi connectivity index (χ2v) is 8.26. The number of ether oxygens (including phenoxy) is 1. The first-order chi connectivity index (χ1) is 13.0. The van der Waals surface area contributed by atoms with Crippen LogP contribution in [0, 0.1) is 0 Å². The number of thiocarbonyl (C=S) groups is 1. The Balaban J connectivity index is 2.09. The van der Waals surface area contributed by atoms with Gasteiger partial charge in [-0.05, 0) is 97.6 Å². The minimum atomic E-state index is 0.520. The summed E-state index contributed by atoms with van der Waals surface area (Å²) in [6, 6.07) is 0. The van der Waals surface area contributed by atoms with Gasteiger partial charge >= 0.3 is 0 Å². The zero-order valence-corrected chi connectivity index (χ0v) is 18.8. The van der Waals surface area contributed by atoms with E-state index in [1.807, 2.05) is 0 Å². The molecule has 154 valence electrons. The van der Waals surface area contributed by atoms with E-state index in [0.717, 1.165) is 38.8 Å². The first-order valence-corrected chi connectivity index (χ1v) is 11.0. The van der Waals surface area contributed by atoms with Crippen LogP contribution in [0.5, 0.6) is 0 Å². The number of hydrogen-bond acceptors (Lipinski definition) is 3. The van der Waals surface area contributed by atoms with Crippen LogP contribution in [0.4, 0.5) is 0 Å². The van der Waals surface area contributed by atoms with Crippen molar-refractivity contribution in [1.29, 1.82) is 0 Å². The number of allylic oxidation sites excluding steroid dienone is 5. The second kappa shape index (κ2) is 14.9. The van der Waals surface area contributed by atoms with Crippen LogP contribution in [0.2, 0.25) is 0 Å². The highest BCUT2D eigenvalue weighted by Crippen LogP contribution is 2.11. The minimum absolute atomic E-state index is 0.520. The summed E-state index contributed by atoms with van der Waals surface area (Å²) < 4.78 is 5.61. The highest BCUT2D eigenvalue weighted by molar-refractivity contribution is 7.80. The third kappa shape index (κ3) is 13.7. The van der Waals surface area contributed by atoms with Crippen molar-refractivity contribution in [3.05, 3.63) is 34.9 Å². The molecule has 4 heteroatoms. The van der Waals surface area contributed by atoms with Crippen LogP contribution in [0.1, 0.15) is 72.6 Å². The Morgan fingerprint density at radius 1 is 0.926 bits per heavy atom. The van der Waals surface area contributed by atoms with Crippen LogP contribution < -0.4 is 5.32 Å². The molecule has 1 fully saturated rings. The monoisotopic (exact) mass is 392 g/mol. The molecule has 0 unspecified atom stereocenters. The molecule has 0 bridgehead atoms. The molecule has 0 aliphatic carbocycles. The second-order valence-electron chi connectivity index (χ2n) is 7.89. The third-order valence-electron chi connectivity index (χ3n) is 4.92. The third-order valence-corrected chi connectivity index (χ3v) is 5.18. The van der Waals surface area contributed by atoms with Gasteiger partial charge in [0.25, 0.3) is 5.17 Å². The highest BCUT2D eigenvalue weighted by atomic mass is 32.1. The van der Waals surface area contributed by atoms with Crippen LogP contribution in [-0.4, -0.2) is 42.9 Å². The lowest BCUT2D eigenvalue weighted by atomic mass is 10.1. The van der Waals surface area contributed by atoms with E-state index < -0.39 is 0 Å². The molecule has 3 nitrogen and oxygen atoms in total. The zero-order valence-electron chi connectivity index (χ0n) is 18.0. The van der Waals surface area contributed by atoms with Crippen molar-refractivity contribution < 1.29 is 4.74 Å². The average molecular weight is 393 g/mol. The number of hydrogen-bond donors (Lipinski definition) is 1. The summed E-state index contributed by atoms with van der Waals surface area (Å²) in [6.45, 7) is 13.6. The fourth-order valence-corrected chi connectivity index (χ4v) is 3.32. The molecule has 1 aliphatic rings. The van der Waals surface area contributed by atoms with Gasteiger partial charge in [-0.15, -0.1) is 0 Å². The van der Waals surface area contributed by atoms with Crippen molar-refractivity contribution in [3.8, 4) is 0 Å². The van der Waals surface area contributed by atoms with Gasteiger partial charge in [0.1, 0.15) is 6.61 Å². The molecular weight excluding hydrogens is 352 g/mol. The summed E-state index contributed by atoms with van der Waals surface area (Å²) >= 11 is 5.26. The van der Waals surface area contributed by atoms with Crippen LogP contribution in [0.25, 0.3) is 0 Å². The van der Waals surface area contributed by atoms with Gasteiger partial charge in [-0.3, -0.25) is 0 Å². The molecule has 1 saturated heterocycles. The van der Waals surface area contributed by atoms with Gasteiger partial charge in [0.05, 0.1) is 0 Å². The number of nitrogens with zero attached hydrogens (tertiary/aromatic N) is 1. The quantitative estimate of drug-likeness (QED) is 0.356. The van der Waals surface area contributed by atoms with Gasteiger partial charge in [-0.2, -0.15) is 0 Å². The van der Waals surface area contributed by atoms with E-state index >= 15 is 0 Å². The molecule has 1 rings (SSSR count). The Labute approximate surface area is 172 Å². The van der Waals surface area contributed by atoms with Crippen LogP contribution in [0.15, 0.2) is 34.9 Å². The summed E-state index contributed by atoms with van der Waals surface area (Å²) in [6.07, 6.45) is 15.3. The minimum Gasteiger partial charge on any atom is -0.467 e. The Bertz CT molecular complexity index is 512. The standard InChI is InChI=1S/C23H40N2OS/c1-20(2)10-8-11-21(3)12-9-13-22(4)14-19-26-23(27)24-15-18-25-16-6-5-7-17-25/h10,12,14H,5-9,11,13,15-19H2,1-4H3,(H,24,27). The SMILES string of the molecule is CC(C)=CCCC(C)=CCCC(C)=CCOC(=S)NCCN1CCCCC1. The molecule has 0 aromatic carbocycles. The highest BCUT2D eigenvalue weighted by Gasteiger charge is 2.09. The van der Waals surface area contributed by atoms with Gasteiger partial charge < -0.3 is 15.0 Å². The van der Waals surface area contributed by atoms with E-state index in [-0.39, 0.29) is 0 Å². The number of likely N-dealkylation sites (tertiary alicyclic amines) is 1. The summed E-state index contributed by atoms with van der Waals surface area (Å²) in [5, 5.41) is 3.73. The maximum absolute atomic E-state index is 5.61. The topological polar surface area (TPSA) is 24.5 Å². The smallest absolute Gasteiger partial charge is 0.256 e. The molecule has 0 aromatic heterocycles. The Morgan fingerprint density at radius 3 is 2.22 bits per heavy atom. The van der Waals surface area contributed by atoms with Crippen molar-refractivity contribution in [2.24, 2.45) is 0 Å². The van der Waals surface area contributed by atoms with Crippen molar-refractivity contribution in [2.45, 2.75) is 72.6 Å². The lowest BCUT2D eigenvalue weighted by Gasteiger charge is -2.26. The van der Waals surface area contributed by atoms with Gasteiger partial charge in [0.15, 0.2) is 0 Å². The number of nitrogens with one attached hydrogen (secondary N) is 1. The normalized spacial score (nSPS) is 16.1. The first-order valence-electron chi connectivity index (χ1n) is 10.5. The number of piperidine rings is 1. The van der Waals surface area contributed by atoms with Crippen LogP contribution >= 0.6 is 12.2 Å². The molecule has 0 spiro atoms. The summed E-state index contributed by atoms with van der Waals surface area (Å²) in [5.74, 6) is 0. The predicted octanol–water partition coefficient (Wildman–Crippen LogP) is 5.78. The zero-order chi connectivity index (χ0) is 19.9. The fourth-order valence-electron chi connectivity index (χ4n) is 3.15. The van der Waals surface area contributed by atoms with Crippen LogP contribution in [-0.2, 0) is 4.74 Å². The van der Waals surface area contributed by atoms with Gasteiger partial charge in [0, 0.05) is 13.1 Å². The van der Waals surface area contributed by atoms with E-state index in [1.165, 1.54) is 49.1 Å². The molecule has 1 heterocycles. The van der Waals surface area contributed by atoms with Crippen molar-refractivity contribution in [1.82, 2.24) is 10.2 Å². The fraction of sp³-hybridized carbons (Fsp3) is 0.696. The summed E-state index contributed by atoms with van der Waals surface area (Å²) in [7, 11) is 0. The van der Waals surface area contributed by atoms with E-state index in [0.29, 0.717) is 11.8 Å². The van der Waals surface area contributed by atoms with Crippen molar-refractivity contribution >= 4 is 17.4 Å². The van der Waals surface area contributed by atoms with E-state index in [4.69, 9.17) is 17.0 Å². The summed E-state index contributed by atoms with van der Waals surface area (Å²) in [4.78, 5) is 2.50. The van der Waals surface area contributed by atoms with Gasteiger partial charge in [-0.25, -0.2) is 0 Å².